The summed E-state index contributed by atoms with van der Waals surface area (Å²) in [7, 11) is 5.36. The molecule has 2 aromatic heterocycles. The van der Waals surface area contributed by atoms with Gasteiger partial charge in [0.15, 0.2) is 17.3 Å². The number of ketones is 1. The Morgan fingerprint density at radius 3 is 2.65 bits per heavy atom. The molecule has 0 radical (unpaired) electrons. The van der Waals surface area contributed by atoms with Crippen molar-refractivity contribution in [2.24, 2.45) is 0 Å². The highest BCUT2D eigenvalue weighted by molar-refractivity contribution is 6.46. The molecule has 1 N–H and O–H groups in total. The molecule has 1 atom stereocenters. The van der Waals surface area contributed by atoms with Gasteiger partial charge in [-0.15, -0.1) is 0 Å². The van der Waals surface area contributed by atoms with Crippen molar-refractivity contribution in [2.75, 3.05) is 40.9 Å². The molecule has 1 fully saturated rings. The van der Waals surface area contributed by atoms with E-state index >= 15 is 0 Å². The molecule has 3 aromatic rings. The van der Waals surface area contributed by atoms with E-state index in [1.807, 2.05) is 43.3 Å². The molecule has 1 aromatic carbocycles. The smallest absolute Gasteiger partial charge is 0.295 e. The van der Waals surface area contributed by atoms with Gasteiger partial charge in [0.2, 0.25) is 0 Å². The van der Waals surface area contributed by atoms with Gasteiger partial charge in [-0.1, -0.05) is 25.5 Å². The lowest BCUT2D eigenvalue weighted by Gasteiger charge is -2.27. The molecule has 196 valence electrons. The number of amides is 1. The highest BCUT2D eigenvalue weighted by Gasteiger charge is 2.46. The average molecular weight is 507 g/mol. The largest absolute Gasteiger partial charge is 0.505 e. The number of aliphatic hydroxyl groups excluding tert-OH is 1. The number of aromatic nitrogens is 2. The fraction of sp³-hybridized carbons (Fsp3) is 0.393. The van der Waals surface area contributed by atoms with Gasteiger partial charge in [0, 0.05) is 19.3 Å². The third kappa shape index (κ3) is 5.04. The number of ether oxygens (including phenoxy) is 2. The van der Waals surface area contributed by atoms with Gasteiger partial charge in [-0.25, -0.2) is 4.98 Å². The molecule has 0 aliphatic carbocycles. The van der Waals surface area contributed by atoms with Crippen molar-refractivity contribution in [1.82, 2.24) is 19.2 Å². The minimum Gasteiger partial charge on any atom is -0.505 e. The number of unbranched alkanes of at least 4 members (excludes halogenated alkanes) is 1. The summed E-state index contributed by atoms with van der Waals surface area (Å²) in [6, 6.07) is 10.1. The number of hydrogen-bond acceptors (Lipinski definition) is 7. The van der Waals surface area contributed by atoms with Crippen LogP contribution in [0.3, 0.4) is 0 Å². The fourth-order valence-electron chi connectivity index (χ4n) is 4.59. The molecule has 1 aliphatic rings. The van der Waals surface area contributed by atoms with E-state index in [2.05, 4.69) is 11.9 Å². The Kier molecular flexibility index (Phi) is 7.83. The number of hydrogen-bond donors (Lipinski definition) is 1. The maximum atomic E-state index is 13.4. The predicted molar refractivity (Wildman–Crippen MR) is 141 cm³/mol. The van der Waals surface area contributed by atoms with E-state index in [-0.39, 0.29) is 11.3 Å². The number of likely N-dealkylation sites (tertiary alicyclic amines) is 1. The van der Waals surface area contributed by atoms with Gasteiger partial charge in [0.05, 0.1) is 31.0 Å². The third-order valence-corrected chi connectivity index (χ3v) is 6.52. The van der Waals surface area contributed by atoms with Crippen molar-refractivity contribution in [3.8, 4) is 11.5 Å². The van der Waals surface area contributed by atoms with Crippen molar-refractivity contribution in [3.63, 3.8) is 0 Å². The van der Waals surface area contributed by atoms with Crippen LogP contribution in [-0.4, -0.2) is 76.9 Å². The number of likely N-dealkylation sites (N-methyl/N-ethyl adjacent to an activating group) is 1. The van der Waals surface area contributed by atoms with Crippen molar-refractivity contribution in [1.29, 1.82) is 0 Å². The van der Waals surface area contributed by atoms with Crippen LogP contribution in [-0.2, 0) is 9.59 Å². The molecule has 1 aliphatic heterocycles. The summed E-state index contributed by atoms with van der Waals surface area (Å²) in [5, 5.41) is 11.6. The first-order chi connectivity index (χ1) is 17.8. The minimum atomic E-state index is -0.799. The average Bonchev–Trinajstić information content (AvgIpc) is 3.35. The number of aryl methyl sites for hydroxylation is 1. The Bertz CT molecular complexity index is 1340. The van der Waals surface area contributed by atoms with Crippen LogP contribution in [0.2, 0.25) is 0 Å². The summed E-state index contributed by atoms with van der Waals surface area (Å²) in [4.78, 5) is 34.6. The van der Waals surface area contributed by atoms with Crippen LogP contribution in [0.4, 0.5) is 0 Å². The van der Waals surface area contributed by atoms with Gasteiger partial charge >= 0.3 is 0 Å². The Hall–Kier alpha value is -3.85. The Balaban J connectivity index is 1.87. The fourth-order valence-corrected chi connectivity index (χ4v) is 4.59. The monoisotopic (exact) mass is 506 g/mol. The SMILES string of the molecule is CCCCOc1ccc(C2/C(=C(\O)c3c(C)nc4ccccn34)C(=O)C(=O)N2CCN(C)C)cc1OC. The number of nitrogens with zero attached hydrogens (tertiary/aromatic N) is 4. The number of rotatable bonds is 10. The molecule has 4 rings (SSSR count). The zero-order chi connectivity index (χ0) is 26.7. The number of fused-ring (bicyclic) bond motifs is 1. The highest BCUT2D eigenvalue weighted by atomic mass is 16.5. The molecule has 9 nitrogen and oxygen atoms in total. The maximum absolute atomic E-state index is 13.4. The Labute approximate surface area is 216 Å². The van der Waals surface area contributed by atoms with Gasteiger partial charge in [-0.05, 0) is 57.3 Å². The molecule has 1 unspecified atom stereocenters. The van der Waals surface area contributed by atoms with Crippen molar-refractivity contribution >= 4 is 23.1 Å². The lowest BCUT2D eigenvalue weighted by Crippen LogP contribution is -2.35. The van der Waals surface area contributed by atoms with E-state index in [0.717, 1.165) is 12.8 Å². The van der Waals surface area contributed by atoms with Gasteiger partial charge in [-0.3, -0.25) is 14.0 Å². The summed E-state index contributed by atoms with van der Waals surface area (Å²) in [5.74, 6) is -0.551. The number of pyridine rings is 1. The topological polar surface area (TPSA) is 96.6 Å². The predicted octanol–water partition coefficient (Wildman–Crippen LogP) is 3.81. The molecule has 3 heterocycles. The second-order valence-corrected chi connectivity index (χ2v) is 9.38. The van der Waals surface area contributed by atoms with Crippen LogP contribution in [0.25, 0.3) is 11.4 Å². The first kappa shape index (κ1) is 26.2. The van der Waals surface area contributed by atoms with E-state index in [9.17, 15) is 14.7 Å². The normalized spacial score (nSPS) is 17.2. The van der Waals surface area contributed by atoms with Gasteiger partial charge < -0.3 is 24.4 Å². The molecule has 37 heavy (non-hydrogen) atoms. The second kappa shape index (κ2) is 11.0. The highest BCUT2D eigenvalue weighted by Crippen LogP contribution is 2.42. The second-order valence-electron chi connectivity index (χ2n) is 9.38. The van der Waals surface area contributed by atoms with Crippen LogP contribution in [0.1, 0.15) is 42.8 Å². The molecular formula is C28H34N4O5. The third-order valence-electron chi connectivity index (χ3n) is 6.52. The molecule has 0 bridgehead atoms. The summed E-state index contributed by atoms with van der Waals surface area (Å²) < 4.78 is 13.2. The van der Waals surface area contributed by atoms with E-state index in [1.54, 1.807) is 36.8 Å². The van der Waals surface area contributed by atoms with Crippen molar-refractivity contribution < 1.29 is 24.2 Å². The van der Waals surface area contributed by atoms with Gasteiger partial charge in [-0.2, -0.15) is 0 Å². The first-order valence-electron chi connectivity index (χ1n) is 12.5. The van der Waals surface area contributed by atoms with E-state index in [0.29, 0.717) is 53.8 Å². The summed E-state index contributed by atoms with van der Waals surface area (Å²) in [5.41, 5.74) is 2.25. The van der Waals surface area contributed by atoms with E-state index in [1.165, 1.54) is 4.90 Å². The number of Topliss-reactive ketones (excluding diaryl/α,β-unsaturated/α-hetero) is 1. The lowest BCUT2D eigenvalue weighted by atomic mass is 9.96. The molecule has 0 saturated carbocycles. The first-order valence-corrected chi connectivity index (χ1v) is 12.5. The van der Waals surface area contributed by atoms with Gasteiger partial charge in [0.25, 0.3) is 11.7 Å². The standard InChI is InChI=1S/C28H34N4O5/c1-6-7-16-37-20-12-11-19(17-21(20)36-5)25-23(27(34)28(35)32(25)15-14-30(3)4)26(33)24-18(2)29-22-10-8-9-13-31(22)24/h8-13,17,25,33H,6-7,14-16H2,1-5H3/b26-23+. The lowest BCUT2D eigenvalue weighted by molar-refractivity contribution is -0.140. The quantitative estimate of drug-likeness (QED) is 0.193. The van der Waals surface area contributed by atoms with Crippen LogP contribution >= 0.6 is 0 Å². The molecular weight excluding hydrogens is 472 g/mol. The molecule has 1 amide bonds. The Morgan fingerprint density at radius 1 is 1.16 bits per heavy atom. The van der Waals surface area contributed by atoms with Crippen LogP contribution in [0.15, 0.2) is 48.2 Å². The zero-order valence-corrected chi connectivity index (χ0v) is 22.0. The number of carbonyl (C=O) groups is 2. The number of aliphatic hydroxyl groups is 1. The minimum absolute atomic E-state index is 0.0270. The maximum Gasteiger partial charge on any atom is 0.295 e. The summed E-state index contributed by atoms with van der Waals surface area (Å²) >= 11 is 0. The van der Waals surface area contributed by atoms with Crippen LogP contribution in [0.5, 0.6) is 11.5 Å². The molecule has 0 spiro atoms. The summed E-state index contributed by atoms with van der Waals surface area (Å²) in [6.45, 7) is 5.27. The van der Waals surface area contributed by atoms with Gasteiger partial charge in [0.1, 0.15) is 11.3 Å². The number of imidazole rings is 1. The number of carbonyl (C=O) groups excluding carboxylic acids is 2. The Morgan fingerprint density at radius 2 is 1.95 bits per heavy atom. The summed E-state index contributed by atoms with van der Waals surface area (Å²) in [6.07, 6.45) is 3.69. The molecule has 1 saturated heterocycles. The van der Waals surface area contributed by atoms with Crippen molar-refractivity contribution in [2.45, 2.75) is 32.7 Å². The van der Waals surface area contributed by atoms with E-state index in [4.69, 9.17) is 9.47 Å². The zero-order valence-electron chi connectivity index (χ0n) is 22.0. The molecule has 9 heteroatoms. The number of methoxy groups -OCH3 is 1. The van der Waals surface area contributed by atoms with Crippen LogP contribution in [0, 0.1) is 6.92 Å². The van der Waals surface area contributed by atoms with Crippen molar-refractivity contribution in [3.05, 3.63) is 65.1 Å². The number of benzene rings is 1. The van der Waals surface area contributed by atoms with E-state index < -0.39 is 17.7 Å². The van der Waals surface area contributed by atoms with Crippen LogP contribution < -0.4 is 9.47 Å².